The third-order valence-corrected chi connectivity index (χ3v) is 6.63. The van der Waals surface area contributed by atoms with Crippen LogP contribution in [0.4, 0.5) is 0 Å². The highest BCUT2D eigenvalue weighted by Gasteiger charge is 2.48. The zero-order valence-corrected chi connectivity index (χ0v) is 15.7. The molecule has 1 amide bonds. The van der Waals surface area contributed by atoms with Crippen LogP contribution in [-0.2, 0) is 0 Å². The molecule has 0 spiro atoms. The minimum absolute atomic E-state index is 0.207. The molecule has 2 N–H and O–H groups in total. The van der Waals surface area contributed by atoms with Crippen LogP contribution in [0.1, 0.15) is 48.0 Å². The van der Waals surface area contributed by atoms with E-state index in [9.17, 15) is 4.79 Å². The molecule has 1 aromatic rings. The van der Waals surface area contributed by atoms with Crippen molar-refractivity contribution in [1.29, 1.82) is 0 Å². The van der Waals surface area contributed by atoms with Crippen molar-refractivity contribution in [2.45, 2.75) is 45.1 Å². The summed E-state index contributed by atoms with van der Waals surface area (Å²) in [5.41, 5.74) is 1.46. The van der Waals surface area contributed by atoms with E-state index >= 15 is 0 Å². The fourth-order valence-electron chi connectivity index (χ4n) is 5.62. The van der Waals surface area contributed by atoms with E-state index in [2.05, 4.69) is 10.6 Å². The highest BCUT2D eigenvalue weighted by Crippen LogP contribution is 2.53. The molecule has 0 saturated heterocycles. The summed E-state index contributed by atoms with van der Waals surface area (Å²) in [5.74, 6) is 3.71. The van der Waals surface area contributed by atoms with Gasteiger partial charge in [0.05, 0.1) is 12.7 Å². The van der Waals surface area contributed by atoms with Crippen LogP contribution >= 0.6 is 12.2 Å². The Hall–Kier alpha value is -1.62. The van der Waals surface area contributed by atoms with Crippen LogP contribution in [0.25, 0.3) is 0 Å². The summed E-state index contributed by atoms with van der Waals surface area (Å²) in [5, 5.41) is 6.78. The molecule has 0 radical (unpaired) electrons. The van der Waals surface area contributed by atoms with Gasteiger partial charge in [-0.05, 0) is 86.5 Å². The first-order valence-electron chi connectivity index (χ1n) is 9.30. The molecule has 0 unspecified atom stereocenters. The minimum Gasteiger partial charge on any atom is -0.496 e. The lowest BCUT2D eigenvalue weighted by Crippen LogP contribution is -2.57. The normalized spacial score (nSPS) is 32.3. The van der Waals surface area contributed by atoms with Gasteiger partial charge in [-0.15, -0.1) is 0 Å². The number of aryl methyl sites for hydroxylation is 1. The molecule has 4 aliphatic rings. The fourth-order valence-corrected chi connectivity index (χ4v) is 5.85. The number of hydrogen-bond acceptors (Lipinski definition) is 3. The zero-order valence-electron chi connectivity index (χ0n) is 14.9. The Morgan fingerprint density at radius 3 is 2.36 bits per heavy atom. The summed E-state index contributed by atoms with van der Waals surface area (Å²) < 4.78 is 5.38. The highest BCUT2D eigenvalue weighted by atomic mass is 32.1. The summed E-state index contributed by atoms with van der Waals surface area (Å²) in [6.07, 6.45) is 6.74. The van der Waals surface area contributed by atoms with Crippen molar-refractivity contribution in [1.82, 2.24) is 10.6 Å². The number of thiocarbonyl (C=S) groups is 1. The molecule has 4 aliphatic carbocycles. The Balaban J connectivity index is 1.41. The number of rotatable bonds is 3. The van der Waals surface area contributed by atoms with Crippen LogP contribution in [0.3, 0.4) is 0 Å². The number of carbonyl (C=O) groups is 1. The maximum Gasteiger partial charge on any atom is 0.261 e. The lowest BCUT2D eigenvalue weighted by molar-refractivity contribution is -0.00692. The summed E-state index contributed by atoms with van der Waals surface area (Å²) in [4.78, 5) is 12.6. The molecule has 134 valence electrons. The maximum atomic E-state index is 12.6. The van der Waals surface area contributed by atoms with Crippen LogP contribution in [0.15, 0.2) is 18.2 Å². The largest absolute Gasteiger partial charge is 0.496 e. The van der Waals surface area contributed by atoms with Crippen LogP contribution < -0.4 is 15.4 Å². The Kier molecular flexibility index (Phi) is 4.44. The highest BCUT2D eigenvalue weighted by molar-refractivity contribution is 7.80. The number of para-hydroxylation sites is 1. The Morgan fingerprint density at radius 2 is 1.76 bits per heavy atom. The number of nitrogens with one attached hydrogen (secondary N) is 2. The number of benzene rings is 1. The molecule has 5 heteroatoms. The Labute approximate surface area is 154 Å². The molecule has 25 heavy (non-hydrogen) atoms. The Morgan fingerprint density at radius 1 is 1.12 bits per heavy atom. The van der Waals surface area contributed by atoms with Gasteiger partial charge in [0.1, 0.15) is 5.75 Å². The summed E-state index contributed by atoms with van der Waals surface area (Å²) >= 11 is 5.46. The monoisotopic (exact) mass is 358 g/mol. The molecule has 0 atom stereocenters. The second-order valence-electron chi connectivity index (χ2n) is 8.04. The van der Waals surface area contributed by atoms with Crippen molar-refractivity contribution in [3.63, 3.8) is 0 Å². The van der Waals surface area contributed by atoms with Gasteiger partial charge in [-0.1, -0.05) is 12.1 Å². The molecule has 1 aromatic carbocycles. The quantitative estimate of drug-likeness (QED) is 0.813. The van der Waals surface area contributed by atoms with Crippen LogP contribution in [0.5, 0.6) is 5.75 Å². The molecule has 4 fully saturated rings. The van der Waals surface area contributed by atoms with E-state index in [-0.39, 0.29) is 5.91 Å². The first kappa shape index (κ1) is 16.8. The smallest absolute Gasteiger partial charge is 0.261 e. The van der Waals surface area contributed by atoms with Crippen LogP contribution in [0, 0.1) is 30.6 Å². The van der Waals surface area contributed by atoms with Crippen LogP contribution in [-0.4, -0.2) is 24.2 Å². The van der Waals surface area contributed by atoms with Crippen molar-refractivity contribution in [3.05, 3.63) is 29.3 Å². The molecule has 0 heterocycles. The molecule has 5 rings (SSSR count). The SMILES string of the molecule is COc1c(C)cccc1C(=O)NC(=S)NC1C2CC3CC(C2)CC1C3. The zero-order chi connectivity index (χ0) is 17.6. The van der Waals surface area contributed by atoms with Gasteiger partial charge < -0.3 is 10.1 Å². The van der Waals surface area contributed by atoms with E-state index < -0.39 is 0 Å². The first-order chi connectivity index (χ1) is 12.0. The molecule has 0 aliphatic heterocycles. The fraction of sp³-hybridized carbons (Fsp3) is 0.600. The van der Waals surface area contributed by atoms with E-state index in [1.54, 1.807) is 13.2 Å². The number of amides is 1. The maximum absolute atomic E-state index is 12.6. The van der Waals surface area contributed by atoms with Gasteiger partial charge in [-0.25, -0.2) is 0 Å². The number of methoxy groups -OCH3 is 1. The molecular formula is C20H26N2O2S. The molecule has 4 saturated carbocycles. The van der Waals surface area contributed by atoms with Gasteiger partial charge in [-0.3, -0.25) is 10.1 Å². The van der Waals surface area contributed by atoms with E-state index in [1.807, 2.05) is 19.1 Å². The second-order valence-corrected chi connectivity index (χ2v) is 8.45. The van der Waals surface area contributed by atoms with E-state index in [4.69, 9.17) is 17.0 Å². The van der Waals surface area contributed by atoms with Gasteiger partial charge in [0.25, 0.3) is 5.91 Å². The van der Waals surface area contributed by atoms with Crippen molar-refractivity contribution >= 4 is 23.2 Å². The van der Waals surface area contributed by atoms with Crippen LogP contribution in [0.2, 0.25) is 0 Å². The topological polar surface area (TPSA) is 50.4 Å². The summed E-state index contributed by atoms with van der Waals surface area (Å²) in [6.45, 7) is 1.93. The molecule has 4 bridgehead atoms. The third kappa shape index (κ3) is 3.14. The predicted molar refractivity (Wildman–Crippen MR) is 102 cm³/mol. The van der Waals surface area contributed by atoms with Crippen molar-refractivity contribution in [2.24, 2.45) is 23.7 Å². The predicted octanol–water partition coefficient (Wildman–Crippen LogP) is 3.43. The second kappa shape index (κ2) is 6.60. The number of ether oxygens (including phenoxy) is 1. The Bertz CT molecular complexity index is 675. The number of hydrogen-bond donors (Lipinski definition) is 2. The lowest BCUT2D eigenvalue weighted by Gasteiger charge is -2.54. The van der Waals surface area contributed by atoms with Gasteiger partial charge >= 0.3 is 0 Å². The summed E-state index contributed by atoms with van der Waals surface area (Å²) in [6, 6.07) is 5.99. The average Bonchev–Trinajstić information content (AvgIpc) is 2.57. The number of carbonyl (C=O) groups excluding carboxylic acids is 1. The van der Waals surface area contributed by atoms with E-state index in [0.717, 1.165) is 29.2 Å². The van der Waals surface area contributed by atoms with E-state index in [1.165, 1.54) is 32.1 Å². The third-order valence-electron chi connectivity index (χ3n) is 6.41. The standard InChI is InChI=1S/C20H26N2O2S/c1-11-4-3-5-16(18(11)24-2)19(23)22-20(25)21-17-14-7-12-6-13(9-14)10-15(17)8-12/h3-5,12-15,17H,6-10H2,1-2H3,(H2,21,22,23,25). The van der Waals surface area contributed by atoms with Gasteiger partial charge in [0, 0.05) is 6.04 Å². The summed E-state index contributed by atoms with van der Waals surface area (Å²) in [7, 11) is 1.59. The lowest BCUT2D eigenvalue weighted by atomic mass is 9.54. The van der Waals surface area contributed by atoms with E-state index in [0.29, 0.717) is 22.5 Å². The molecule has 4 nitrogen and oxygen atoms in total. The minimum atomic E-state index is -0.207. The van der Waals surface area contributed by atoms with Crippen molar-refractivity contribution in [3.8, 4) is 5.75 Å². The van der Waals surface area contributed by atoms with Gasteiger partial charge in [-0.2, -0.15) is 0 Å². The molecule has 0 aromatic heterocycles. The van der Waals surface area contributed by atoms with Crippen molar-refractivity contribution in [2.75, 3.05) is 7.11 Å². The van der Waals surface area contributed by atoms with Gasteiger partial charge in [0.2, 0.25) is 0 Å². The van der Waals surface area contributed by atoms with Gasteiger partial charge in [0.15, 0.2) is 5.11 Å². The average molecular weight is 359 g/mol. The molecular weight excluding hydrogens is 332 g/mol. The van der Waals surface area contributed by atoms with Crippen molar-refractivity contribution < 1.29 is 9.53 Å². The first-order valence-corrected chi connectivity index (χ1v) is 9.71.